The van der Waals surface area contributed by atoms with Crippen LogP contribution in [-0.4, -0.2) is 9.55 Å². The van der Waals surface area contributed by atoms with Crippen molar-refractivity contribution in [3.63, 3.8) is 0 Å². The topological polar surface area (TPSA) is 57.9 Å². The third-order valence-corrected chi connectivity index (χ3v) is 4.42. The van der Waals surface area contributed by atoms with Crippen molar-refractivity contribution >= 4 is 23.4 Å². The summed E-state index contributed by atoms with van der Waals surface area (Å²) in [6, 6.07) is 17.6. The molecule has 116 valence electrons. The van der Waals surface area contributed by atoms with Crippen molar-refractivity contribution in [1.29, 1.82) is 0 Å². The minimum absolute atomic E-state index is 0. The van der Waals surface area contributed by atoms with Gasteiger partial charge in [0, 0.05) is 16.8 Å². The molecule has 1 aromatic heterocycles. The van der Waals surface area contributed by atoms with Gasteiger partial charge in [-0.2, -0.15) is 0 Å². The van der Waals surface area contributed by atoms with E-state index in [1.54, 1.807) is 24.3 Å². The van der Waals surface area contributed by atoms with E-state index < -0.39 is 11.4 Å². The average Bonchev–Trinajstić information content (AvgIpc) is 2.55. The second kappa shape index (κ2) is 9.19. The Kier molecular flexibility index (Phi) is 7.55. The fourth-order valence-electron chi connectivity index (χ4n) is 2.09. The van der Waals surface area contributed by atoms with Crippen LogP contribution < -0.4 is 62.1 Å². The molecule has 0 atom stereocenters. The molecule has 0 amide bonds. The molecule has 0 aliphatic rings. The summed E-state index contributed by atoms with van der Waals surface area (Å²) in [6.07, 6.45) is 0. The Balaban J connectivity index is 0.00000208. The summed E-state index contributed by atoms with van der Waals surface area (Å²) in [5.74, 6) is 0.0837. The number of halogens is 1. The molecule has 24 heavy (non-hydrogen) atoms. The van der Waals surface area contributed by atoms with E-state index in [1.165, 1.54) is 16.3 Å². The number of hydrogen-bond donors (Lipinski definition) is 0. The molecule has 2 aromatic carbocycles. The zero-order chi connectivity index (χ0) is 16.2. The van der Waals surface area contributed by atoms with Crippen LogP contribution in [0, 0.1) is 0 Å². The largest absolute Gasteiger partial charge is 1.00 e. The zero-order valence-corrected chi connectivity index (χ0v) is 17.7. The third-order valence-electron chi connectivity index (χ3n) is 3.16. The SMILES string of the molecule is O=c1cc([O-])nc(SCc2ccccc2)n1-c1ccc(Cl)cc1.[K+]. The maximum atomic E-state index is 12.2. The Bertz CT molecular complexity index is 870. The maximum absolute atomic E-state index is 12.2. The summed E-state index contributed by atoms with van der Waals surface area (Å²) in [4.78, 5) is 16.2. The molecule has 0 saturated carbocycles. The third kappa shape index (κ3) is 4.95. The molecular weight excluding hydrogens is 371 g/mol. The van der Waals surface area contributed by atoms with Crippen molar-refractivity contribution in [3.05, 3.63) is 81.6 Å². The molecule has 0 unspecified atom stereocenters. The first-order valence-corrected chi connectivity index (χ1v) is 8.23. The molecule has 0 bridgehead atoms. The van der Waals surface area contributed by atoms with Gasteiger partial charge in [0.2, 0.25) is 0 Å². The molecule has 0 fully saturated rings. The summed E-state index contributed by atoms with van der Waals surface area (Å²) in [5, 5.41) is 12.5. The summed E-state index contributed by atoms with van der Waals surface area (Å²) in [6.45, 7) is 0. The number of thioether (sulfide) groups is 1. The molecular formula is C17H12ClKN2O2S. The van der Waals surface area contributed by atoms with Crippen LogP contribution in [-0.2, 0) is 5.75 Å². The summed E-state index contributed by atoms with van der Waals surface area (Å²) in [5.41, 5.74) is 1.32. The van der Waals surface area contributed by atoms with Gasteiger partial charge < -0.3 is 5.11 Å². The summed E-state index contributed by atoms with van der Waals surface area (Å²) < 4.78 is 1.42. The Morgan fingerprint density at radius 2 is 1.75 bits per heavy atom. The van der Waals surface area contributed by atoms with Gasteiger partial charge in [-0.1, -0.05) is 53.7 Å². The van der Waals surface area contributed by atoms with Crippen LogP contribution >= 0.6 is 23.4 Å². The molecule has 0 aliphatic carbocycles. The Hall–Kier alpha value is -0.604. The molecule has 0 spiro atoms. The molecule has 1 heterocycles. The number of nitrogens with zero attached hydrogens (tertiary/aromatic N) is 2. The molecule has 0 saturated heterocycles. The molecule has 4 nitrogen and oxygen atoms in total. The maximum Gasteiger partial charge on any atom is 1.00 e. The van der Waals surface area contributed by atoms with Crippen molar-refractivity contribution in [2.75, 3.05) is 0 Å². The minimum atomic E-state index is -0.532. The molecule has 0 radical (unpaired) electrons. The number of aromatic nitrogens is 2. The van der Waals surface area contributed by atoms with Crippen LogP contribution in [0.2, 0.25) is 5.02 Å². The van der Waals surface area contributed by atoms with E-state index in [0.29, 0.717) is 21.6 Å². The van der Waals surface area contributed by atoms with Gasteiger partial charge in [-0.25, -0.2) is 4.98 Å². The fraction of sp³-hybridized carbons (Fsp3) is 0.0588. The number of benzene rings is 2. The zero-order valence-electron chi connectivity index (χ0n) is 13.0. The van der Waals surface area contributed by atoms with E-state index in [1.807, 2.05) is 30.3 Å². The normalized spacial score (nSPS) is 10.2. The van der Waals surface area contributed by atoms with Crippen molar-refractivity contribution in [3.8, 4) is 11.6 Å². The van der Waals surface area contributed by atoms with E-state index in [9.17, 15) is 9.90 Å². The van der Waals surface area contributed by atoms with Crippen molar-refractivity contribution in [2.45, 2.75) is 10.9 Å². The first-order valence-electron chi connectivity index (χ1n) is 6.87. The van der Waals surface area contributed by atoms with Gasteiger partial charge in [-0.15, -0.1) is 0 Å². The number of hydrogen-bond acceptors (Lipinski definition) is 4. The van der Waals surface area contributed by atoms with Gasteiger partial charge in [-0.3, -0.25) is 9.36 Å². The van der Waals surface area contributed by atoms with E-state index in [-0.39, 0.29) is 51.4 Å². The van der Waals surface area contributed by atoms with E-state index in [0.717, 1.165) is 11.6 Å². The Labute approximate surface area is 191 Å². The van der Waals surface area contributed by atoms with Gasteiger partial charge in [0.05, 0.1) is 5.69 Å². The van der Waals surface area contributed by atoms with Crippen LogP contribution in [0.4, 0.5) is 0 Å². The van der Waals surface area contributed by atoms with Crippen LogP contribution in [0.25, 0.3) is 5.69 Å². The second-order valence-corrected chi connectivity index (χ2v) is 6.18. The molecule has 0 aliphatic heterocycles. The molecule has 7 heteroatoms. The van der Waals surface area contributed by atoms with Gasteiger partial charge >= 0.3 is 51.4 Å². The van der Waals surface area contributed by atoms with Crippen LogP contribution in [0.3, 0.4) is 0 Å². The summed E-state index contributed by atoms with van der Waals surface area (Å²) >= 11 is 7.23. The Morgan fingerprint density at radius 3 is 2.42 bits per heavy atom. The molecule has 3 aromatic rings. The van der Waals surface area contributed by atoms with Crippen LogP contribution in [0.15, 0.2) is 70.6 Å². The molecule has 0 N–H and O–H groups in total. The standard InChI is InChI=1S/C17H13ClN2O2S.K/c18-13-6-8-14(9-7-13)20-16(22)10-15(21)19-17(20)23-11-12-4-2-1-3-5-12;/h1-10,21H,11H2;/q;+1/p-1. The minimum Gasteiger partial charge on any atom is -0.858 e. The summed E-state index contributed by atoms with van der Waals surface area (Å²) in [7, 11) is 0. The van der Waals surface area contributed by atoms with Crippen molar-refractivity contribution in [2.24, 2.45) is 0 Å². The second-order valence-electron chi connectivity index (χ2n) is 4.80. The van der Waals surface area contributed by atoms with Crippen LogP contribution in [0.1, 0.15) is 5.56 Å². The fourth-order valence-corrected chi connectivity index (χ4v) is 3.18. The van der Waals surface area contributed by atoms with E-state index in [4.69, 9.17) is 11.6 Å². The van der Waals surface area contributed by atoms with Gasteiger partial charge in [-0.05, 0) is 35.7 Å². The Morgan fingerprint density at radius 1 is 1.08 bits per heavy atom. The van der Waals surface area contributed by atoms with Crippen molar-refractivity contribution in [1.82, 2.24) is 9.55 Å². The average molecular weight is 383 g/mol. The van der Waals surface area contributed by atoms with Crippen LogP contribution in [0.5, 0.6) is 5.88 Å². The smallest absolute Gasteiger partial charge is 0.858 e. The van der Waals surface area contributed by atoms with E-state index >= 15 is 0 Å². The predicted octanol–water partition coefficient (Wildman–Crippen LogP) is 0.256. The van der Waals surface area contributed by atoms with E-state index in [2.05, 4.69) is 4.98 Å². The predicted molar refractivity (Wildman–Crippen MR) is 90.3 cm³/mol. The first-order chi connectivity index (χ1) is 11.1. The first kappa shape index (κ1) is 19.7. The molecule has 3 rings (SSSR count). The van der Waals surface area contributed by atoms with Gasteiger partial charge in [0.15, 0.2) is 5.16 Å². The monoisotopic (exact) mass is 382 g/mol. The van der Waals surface area contributed by atoms with Gasteiger partial charge in [0.1, 0.15) is 0 Å². The van der Waals surface area contributed by atoms with Gasteiger partial charge in [0.25, 0.3) is 5.56 Å². The quantitative estimate of drug-likeness (QED) is 0.369. The van der Waals surface area contributed by atoms with Crippen molar-refractivity contribution < 1.29 is 56.5 Å². The number of rotatable bonds is 4.